The average Bonchev–Trinajstić information content (AvgIpc) is 3.31. The number of halogens is 1. The van der Waals surface area contributed by atoms with Gasteiger partial charge >= 0.3 is 0 Å². The maximum absolute atomic E-state index is 13.4. The number of rotatable bonds is 7. The lowest BCUT2D eigenvalue weighted by molar-refractivity contribution is -0.141. The van der Waals surface area contributed by atoms with E-state index in [0.29, 0.717) is 33.2 Å². The van der Waals surface area contributed by atoms with Gasteiger partial charge in [-0.1, -0.05) is 29.8 Å². The van der Waals surface area contributed by atoms with Crippen molar-refractivity contribution in [2.75, 3.05) is 27.4 Å². The number of carbonyl (C=O) groups is 2. The number of hydrogen-bond acceptors (Lipinski definition) is 6. The number of benzene rings is 2. The van der Waals surface area contributed by atoms with Gasteiger partial charge in [0.25, 0.3) is 11.8 Å². The van der Waals surface area contributed by atoms with Gasteiger partial charge in [-0.2, -0.15) is 10.4 Å². The van der Waals surface area contributed by atoms with Gasteiger partial charge in [0, 0.05) is 30.0 Å². The summed E-state index contributed by atoms with van der Waals surface area (Å²) in [5.74, 6) is -0.605. The van der Waals surface area contributed by atoms with Gasteiger partial charge in [0.15, 0.2) is 0 Å². The highest BCUT2D eigenvalue weighted by Crippen LogP contribution is 2.34. The first-order valence-electron chi connectivity index (χ1n) is 11.1. The largest absolute Gasteiger partial charge is 0.495 e. The van der Waals surface area contributed by atoms with Gasteiger partial charge in [0.2, 0.25) is 0 Å². The standard InChI is InChI=1S/C27H23ClN4O4/c1-17-21(26(33)31(11-12-35-2)27(34)22(17)15-29)13-19-16-32(20-7-5-4-6-8-20)30-25(19)18-9-10-24(36-3)23(28)14-18/h4-10,13-14,16H,11-12H2,1-3H3/b21-13+. The first kappa shape index (κ1) is 24.9. The minimum absolute atomic E-state index is 0.0359. The van der Waals surface area contributed by atoms with Gasteiger partial charge in [-0.3, -0.25) is 14.5 Å². The van der Waals surface area contributed by atoms with Crippen molar-refractivity contribution in [3.63, 3.8) is 0 Å². The molecule has 0 bridgehead atoms. The van der Waals surface area contributed by atoms with E-state index in [1.807, 2.05) is 42.5 Å². The van der Waals surface area contributed by atoms with Crippen LogP contribution in [0.5, 0.6) is 5.75 Å². The number of hydrogen-bond donors (Lipinski definition) is 0. The van der Waals surface area contributed by atoms with Crippen LogP contribution in [-0.4, -0.2) is 53.9 Å². The molecule has 0 saturated heterocycles. The van der Waals surface area contributed by atoms with Crippen LogP contribution in [-0.2, 0) is 14.3 Å². The van der Waals surface area contributed by atoms with Gasteiger partial charge in [0.05, 0.1) is 31.0 Å². The fraction of sp³-hybridized carbons (Fsp3) is 0.185. The molecule has 8 nitrogen and oxygen atoms in total. The Kier molecular flexibility index (Phi) is 7.34. The highest BCUT2D eigenvalue weighted by atomic mass is 35.5. The number of imide groups is 1. The molecule has 4 rings (SSSR count). The van der Waals surface area contributed by atoms with Gasteiger partial charge in [0.1, 0.15) is 23.1 Å². The first-order valence-corrected chi connectivity index (χ1v) is 11.4. The van der Waals surface area contributed by atoms with E-state index in [9.17, 15) is 14.9 Å². The van der Waals surface area contributed by atoms with Crippen LogP contribution in [0.1, 0.15) is 12.5 Å². The molecule has 2 aromatic carbocycles. The third kappa shape index (κ3) is 4.67. The third-order valence-corrected chi connectivity index (χ3v) is 6.13. The summed E-state index contributed by atoms with van der Waals surface area (Å²) in [6, 6.07) is 16.8. The molecule has 1 aliphatic heterocycles. The van der Waals surface area contributed by atoms with Gasteiger partial charge in [-0.25, -0.2) is 4.68 Å². The molecule has 0 spiro atoms. The lowest BCUT2D eigenvalue weighted by Gasteiger charge is -2.27. The Balaban J connectivity index is 1.91. The van der Waals surface area contributed by atoms with Crippen molar-refractivity contribution in [2.45, 2.75) is 6.92 Å². The molecule has 0 radical (unpaired) electrons. The first-order chi connectivity index (χ1) is 17.4. The van der Waals surface area contributed by atoms with Crippen molar-refractivity contribution >= 4 is 29.5 Å². The topological polar surface area (TPSA) is 97.5 Å². The second-order valence-corrected chi connectivity index (χ2v) is 8.39. The van der Waals surface area contributed by atoms with Crippen LogP contribution in [0.15, 0.2) is 71.4 Å². The summed E-state index contributed by atoms with van der Waals surface area (Å²) in [5, 5.41) is 14.8. The highest BCUT2D eigenvalue weighted by Gasteiger charge is 2.35. The molecule has 0 atom stereocenters. The van der Waals surface area contributed by atoms with E-state index in [-0.39, 0.29) is 24.3 Å². The van der Waals surface area contributed by atoms with E-state index in [1.165, 1.54) is 14.2 Å². The number of nitrogens with zero attached hydrogens (tertiary/aromatic N) is 4. The molecular weight excluding hydrogens is 480 g/mol. The molecule has 0 aliphatic carbocycles. The zero-order valence-electron chi connectivity index (χ0n) is 20.0. The second kappa shape index (κ2) is 10.6. The molecule has 36 heavy (non-hydrogen) atoms. The minimum atomic E-state index is -0.628. The Bertz CT molecular complexity index is 1430. The normalized spacial score (nSPS) is 15.0. The Morgan fingerprint density at radius 2 is 1.86 bits per heavy atom. The van der Waals surface area contributed by atoms with E-state index < -0.39 is 11.8 Å². The van der Waals surface area contributed by atoms with Crippen molar-refractivity contribution in [3.05, 3.63) is 82.0 Å². The number of methoxy groups -OCH3 is 2. The van der Waals surface area contributed by atoms with Crippen LogP contribution in [0.25, 0.3) is 23.0 Å². The van der Waals surface area contributed by atoms with Crippen LogP contribution >= 0.6 is 11.6 Å². The summed E-state index contributed by atoms with van der Waals surface area (Å²) in [6.07, 6.45) is 3.44. The number of nitriles is 1. The molecule has 1 aliphatic rings. The SMILES string of the molecule is COCCN1C(=O)C(C#N)=C(C)/C(=C\c2cn(-c3ccccc3)nc2-c2ccc(OC)c(Cl)c2)C1=O. The van der Waals surface area contributed by atoms with Crippen LogP contribution < -0.4 is 4.74 Å². The second-order valence-electron chi connectivity index (χ2n) is 7.99. The third-order valence-electron chi connectivity index (χ3n) is 5.83. The van der Waals surface area contributed by atoms with Crippen molar-refractivity contribution in [2.24, 2.45) is 0 Å². The smallest absolute Gasteiger partial charge is 0.271 e. The molecule has 2 heterocycles. The number of amides is 2. The molecule has 2 amide bonds. The molecule has 1 aromatic heterocycles. The predicted octanol–water partition coefficient (Wildman–Crippen LogP) is 4.44. The van der Waals surface area contributed by atoms with Crippen LogP contribution in [0.2, 0.25) is 5.02 Å². The number of carbonyl (C=O) groups excluding carboxylic acids is 2. The van der Waals surface area contributed by atoms with E-state index in [0.717, 1.165) is 10.6 Å². The maximum atomic E-state index is 13.4. The molecule has 182 valence electrons. The fourth-order valence-corrected chi connectivity index (χ4v) is 4.17. The quantitative estimate of drug-likeness (QED) is 0.350. The average molecular weight is 503 g/mol. The van der Waals surface area contributed by atoms with Gasteiger partial charge in [-0.05, 0) is 48.9 Å². The summed E-state index contributed by atoms with van der Waals surface area (Å²) >= 11 is 6.39. The van der Waals surface area contributed by atoms with Crippen LogP contribution in [0.4, 0.5) is 0 Å². The van der Waals surface area contributed by atoms with E-state index >= 15 is 0 Å². The zero-order valence-corrected chi connectivity index (χ0v) is 20.7. The summed E-state index contributed by atoms with van der Waals surface area (Å²) in [4.78, 5) is 27.1. The molecular formula is C27H23ClN4O4. The highest BCUT2D eigenvalue weighted by molar-refractivity contribution is 6.32. The lowest BCUT2D eigenvalue weighted by Crippen LogP contribution is -2.44. The lowest BCUT2D eigenvalue weighted by atomic mass is 9.93. The van der Waals surface area contributed by atoms with Gasteiger partial charge in [-0.15, -0.1) is 0 Å². The fourth-order valence-electron chi connectivity index (χ4n) is 3.91. The molecule has 9 heteroatoms. The van der Waals surface area contributed by atoms with Crippen molar-refractivity contribution in [3.8, 4) is 28.8 Å². The summed E-state index contributed by atoms with van der Waals surface area (Å²) in [7, 11) is 3.01. The monoisotopic (exact) mass is 502 g/mol. The summed E-state index contributed by atoms with van der Waals surface area (Å²) in [5.41, 5.74) is 3.17. The van der Waals surface area contributed by atoms with E-state index in [1.54, 1.807) is 36.0 Å². The van der Waals surface area contributed by atoms with E-state index in [2.05, 4.69) is 0 Å². The zero-order chi connectivity index (χ0) is 25.8. The molecule has 0 saturated carbocycles. The Hall–Kier alpha value is -4.19. The van der Waals surface area contributed by atoms with Crippen LogP contribution in [0, 0.1) is 11.3 Å². The summed E-state index contributed by atoms with van der Waals surface area (Å²) in [6.45, 7) is 1.79. The molecule has 0 fully saturated rings. The Morgan fingerprint density at radius 3 is 2.50 bits per heavy atom. The summed E-state index contributed by atoms with van der Waals surface area (Å²) < 4.78 is 12.0. The van der Waals surface area contributed by atoms with E-state index in [4.69, 9.17) is 26.2 Å². The molecule has 3 aromatic rings. The Morgan fingerprint density at radius 1 is 1.11 bits per heavy atom. The van der Waals surface area contributed by atoms with Crippen molar-refractivity contribution < 1.29 is 19.1 Å². The number of para-hydroxylation sites is 1. The molecule has 0 unspecified atom stereocenters. The van der Waals surface area contributed by atoms with Crippen molar-refractivity contribution in [1.29, 1.82) is 5.26 Å². The Labute approximate surface area is 213 Å². The number of aromatic nitrogens is 2. The number of ether oxygens (including phenoxy) is 2. The van der Waals surface area contributed by atoms with Crippen molar-refractivity contribution in [1.82, 2.24) is 14.7 Å². The van der Waals surface area contributed by atoms with Gasteiger partial charge < -0.3 is 9.47 Å². The maximum Gasteiger partial charge on any atom is 0.271 e. The minimum Gasteiger partial charge on any atom is -0.495 e. The van der Waals surface area contributed by atoms with Crippen LogP contribution in [0.3, 0.4) is 0 Å². The molecule has 0 N–H and O–H groups in total. The predicted molar refractivity (Wildman–Crippen MR) is 135 cm³/mol.